The maximum atomic E-state index is 12.1. The largest absolute Gasteiger partial charge is 0.383 e. The van der Waals surface area contributed by atoms with Crippen molar-refractivity contribution < 1.29 is 4.79 Å². The summed E-state index contributed by atoms with van der Waals surface area (Å²) in [5.74, 6) is 0.727. The monoisotopic (exact) mass is 311 g/mol. The Balaban J connectivity index is 2.04. The molecule has 4 nitrogen and oxygen atoms in total. The van der Waals surface area contributed by atoms with Gasteiger partial charge in [0.15, 0.2) is 0 Å². The van der Waals surface area contributed by atoms with Crippen molar-refractivity contribution >= 4 is 27.7 Å². The summed E-state index contributed by atoms with van der Waals surface area (Å²) in [5, 5.41) is 3.03. The molecule has 1 amide bonds. The Kier molecular flexibility index (Phi) is 4.22. The molecule has 1 unspecified atom stereocenters. The Bertz CT molecular complexity index is 444. The number of nitrogens with one attached hydrogen (secondary N) is 1. The standard InChI is InChI=1S/C13H18BrN3O/c1-8(9-4-2-3-5-9)17-13(18)11-6-10(14)7-16-12(11)15/h6-9H,2-5H2,1H3,(H2,15,16)(H,17,18). The fraction of sp³-hybridized carbons (Fsp3) is 0.538. The van der Waals surface area contributed by atoms with Gasteiger partial charge in [0.1, 0.15) is 5.82 Å². The molecule has 1 saturated carbocycles. The van der Waals surface area contributed by atoms with Crippen LogP contribution in [0.25, 0.3) is 0 Å². The first-order valence-corrected chi connectivity index (χ1v) is 7.09. The molecule has 2 rings (SSSR count). The first-order valence-electron chi connectivity index (χ1n) is 6.30. The number of rotatable bonds is 3. The summed E-state index contributed by atoms with van der Waals surface area (Å²) < 4.78 is 0.760. The second-order valence-corrected chi connectivity index (χ2v) is 5.81. The molecule has 1 aromatic heterocycles. The summed E-state index contributed by atoms with van der Waals surface area (Å²) in [6, 6.07) is 1.90. The van der Waals surface area contributed by atoms with Crippen LogP contribution in [0.5, 0.6) is 0 Å². The third-order valence-electron chi connectivity index (χ3n) is 3.60. The highest BCUT2D eigenvalue weighted by Crippen LogP contribution is 2.27. The minimum Gasteiger partial charge on any atom is -0.383 e. The number of carbonyl (C=O) groups is 1. The lowest BCUT2D eigenvalue weighted by atomic mass is 9.99. The summed E-state index contributed by atoms with van der Waals surface area (Å²) in [7, 11) is 0. The van der Waals surface area contributed by atoms with Gasteiger partial charge in [0.25, 0.3) is 5.91 Å². The molecule has 5 heteroatoms. The zero-order valence-electron chi connectivity index (χ0n) is 10.4. The Morgan fingerprint density at radius 2 is 2.22 bits per heavy atom. The van der Waals surface area contributed by atoms with Crippen molar-refractivity contribution in [1.82, 2.24) is 10.3 Å². The summed E-state index contributed by atoms with van der Waals surface area (Å²) in [6.45, 7) is 2.06. The molecule has 0 spiro atoms. The van der Waals surface area contributed by atoms with Gasteiger partial charge in [-0.2, -0.15) is 0 Å². The Labute approximate surface area is 115 Å². The van der Waals surface area contributed by atoms with Crippen molar-refractivity contribution in [2.45, 2.75) is 38.6 Å². The van der Waals surface area contributed by atoms with E-state index in [4.69, 9.17) is 5.73 Å². The van der Waals surface area contributed by atoms with Gasteiger partial charge in [-0.3, -0.25) is 4.79 Å². The van der Waals surface area contributed by atoms with Crippen LogP contribution in [-0.4, -0.2) is 16.9 Å². The predicted molar refractivity (Wildman–Crippen MR) is 75.2 cm³/mol. The maximum absolute atomic E-state index is 12.1. The average molecular weight is 312 g/mol. The topological polar surface area (TPSA) is 68.0 Å². The average Bonchev–Trinajstić information content (AvgIpc) is 2.85. The van der Waals surface area contributed by atoms with Crippen molar-refractivity contribution in [1.29, 1.82) is 0 Å². The molecule has 1 heterocycles. The summed E-state index contributed by atoms with van der Waals surface area (Å²) in [5.41, 5.74) is 6.17. The highest BCUT2D eigenvalue weighted by molar-refractivity contribution is 9.10. The van der Waals surface area contributed by atoms with Gasteiger partial charge in [0.05, 0.1) is 5.56 Å². The molecule has 3 N–H and O–H groups in total. The smallest absolute Gasteiger partial charge is 0.255 e. The summed E-state index contributed by atoms with van der Waals surface area (Å²) >= 11 is 3.30. The minimum atomic E-state index is -0.138. The number of nitrogens with zero attached hydrogens (tertiary/aromatic N) is 1. The van der Waals surface area contributed by atoms with Crippen LogP contribution < -0.4 is 11.1 Å². The molecular formula is C13H18BrN3O. The molecule has 98 valence electrons. The number of hydrogen-bond donors (Lipinski definition) is 2. The van der Waals surface area contributed by atoms with Crippen LogP contribution in [0.1, 0.15) is 43.0 Å². The number of carbonyl (C=O) groups excluding carboxylic acids is 1. The Hall–Kier alpha value is -1.10. The molecule has 0 radical (unpaired) electrons. The van der Waals surface area contributed by atoms with Gasteiger partial charge in [0.2, 0.25) is 0 Å². The second-order valence-electron chi connectivity index (χ2n) is 4.89. The van der Waals surface area contributed by atoms with E-state index >= 15 is 0 Å². The first kappa shape index (κ1) is 13.3. The van der Waals surface area contributed by atoms with E-state index in [1.165, 1.54) is 25.7 Å². The number of nitrogens with two attached hydrogens (primary N) is 1. The van der Waals surface area contributed by atoms with E-state index in [0.29, 0.717) is 11.5 Å². The SMILES string of the molecule is CC(NC(=O)c1cc(Br)cnc1N)C1CCCC1. The molecule has 0 aliphatic heterocycles. The Morgan fingerprint density at radius 3 is 2.89 bits per heavy atom. The number of aromatic nitrogens is 1. The van der Waals surface area contributed by atoms with Crippen LogP contribution in [0.15, 0.2) is 16.7 Å². The van der Waals surface area contributed by atoms with Crippen LogP contribution in [0.3, 0.4) is 0 Å². The van der Waals surface area contributed by atoms with E-state index in [2.05, 4.69) is 33.2 Å². The minimum absolute atomic E-state index is 0.138. The summed E-state index contributed by atoms with van der Waals surface area (Å²) in [6.07, 6.45) is 6.53. The predicted octanol–water partition coefficient (Wildman–Crippen LogP) is 2.73. The summed E-state index contributed by atoms with van der Waals surface area (Å²) in [4.78, 5) is 16.1. The van der Waals surface area contributed by atoms with Crippen molar-refractivity contribution in [2.75, 3.05) is 5.73 Å². The molecule has 0 saturated heterocycles. The van der Waals surface area contributed by atoms with Crippen LogP contribution in [-0.2, 0) is 0 Å². The van der Waals surface area contributed by atoms with Gasteiger partial charge in [-0.25, -0.2) is 4.98 Å². The molecule has 1 aromatic rings. The number of halogens is 1. The van der Waals surface area contributed by atoms with Gasteiger partial charge < -0.3 is 11.1 Å². The van der Waals surface area contributed by atoms with Crippen LogP contribution in [0.2, 0.25) is 0 Å². The zero-order valence-corrected chi connectivity index (χ0v) is 12.0. The number of hydrogen-bond acceptors (Lipinski definition) is 3. The fourth-order valence-electron chi connectivity index (χ4n) is 2.49. The highest BCUT2D eigenvalue weighted by atomic mass is 79.9. The zero-order chi connectivity index (χ0) is 13.1. The fourth-order valence-corrected chi connectivity index (χ4v) is 2.82. The molecule has 18 heavy (non-hydrogen) atoms. The lowest BCUT2D eigenvalue weighted by Crippen LogP contribution is -2.37. The number of nitrogen functional groups attached to an aromatic ring is 1. The number of pyridine rings is 1. The lowest BCUT2D eigenvalue weighted by Gasteiger charge is -2.20. The Morgan fingerprint density at radius 1 is 1.56 bits per heavy atom. The number of amides is 1. The van der Waals surface area contributed by atoms with Crippen LogP contribution in [0.4, 0.5) is 5.82 Å². The molecule has 1 aliphatic carbocycles. The van der Waals surface area contributed by atoms with Gasteiger partial charge in [0, 0.05) is 16.7 Å². The van der Waals surface area contributed by atoms with E-state index in [-0.39, 0.29) is 17.8 Å². The number of anilines is 1. The van der Waals surface area contributed by atoms with Crippen LogP contribution >= 0.6 is 15.9 Å². The van der Waals surface area contributed by atoms with E-state index in [1.807, 2.05) is 0 Å². The molecule has 0 bridgehead atoms. The van der Waals surface area contributed by atoms with Gasteiger partial charge in [-0.15, -0.1) is 0 Å². The first-order chi connectivity index (χ1) is 8.58. The second kappa shape index (κ2) is 5.69. The van der Waals surface area contributed by atoms with E-state index < -0.39 is 0 Å². The lowest BCUT2D eigenvalue weighted by molar-refractivity contribution is 0.0928. The third-order valence-corrected chi connectivity index (χ3v) is 4.03. The third kappa shape index (κ3) is 3.02. The van der Waals surface area contributed by atoms with Gasteiger partial charge in [-0.05, 0) is 47.7 Å². The van der Waals surface area contributed by atoms with Crippen LogP contribution in [0, 0.1) is 5.92 Å². The molecular weight excluding hydrogens is 294 g/mol. The quantitative estimate of drug-likeness (QED) is 0.902. The molecule has 1 aliphatic rings. The molecule has 1 atom stereocenters. The van der Waals surface area contributed by atoms with Gasteiger partial charge in [-0.1, -0.05) is 12.8 Å². The molecule has 0 aromatic carbocycles. The molecule has 1 fully saturated rings. The van der Waals surface area contributed by atoms with Crippen molar-refractivity contribution in [3.8, 4) is 0 Å². The van der Waals surface area contributed by atoms with E-state index in [9.17, 15) is 4.79 Å². The normalized spacial score (nSPS) is 17.7. The van der Waals surface area contributed by atoms with Gasteiger partial charge >= 0.3 is 0 Å². The van der Waals surface area contributed by atoms with E-state index in [1.54, 1.807) is 12.3 Å². The highest BCUT2D eigenvalue weighted by Gasteiger charge is 2.23. The van der Waals surface area contributed by atoms with E-state index in [0.717, 1.165) is 4.47 Å². The van der Waals surface area contributed by atoms with Crippen molar-refractivity contribution in [3.63, 3.8) is 0 Å². The van der Waals surface area contributed by atoms with Crippen molar-refractivity contribution in [2.24, 2.45) is 5.92 Å². The maximum Gasteiger partial charge on any atom is 0.255 e. The van der Waals surface area contributed by atoms with Crippen molar-refractivity contribution in [3.05, 3.63) is 22.3 Å².